The van der Waals surface area contributed by atoms with Crippen molar-refractivity contribution < 1.29 is 28.6 Å². The summed E-state index contributed by atoms with van der Waals surface area (Å²) in [6.07, 6.45) is 3.93. The van der Waals surface area contributed by atoms with E-state index in [2.05, 4.69) is 16.0 Å². The minimum atomic E-state index is -0.538. The Hall–Kier alpha value is -3.17. The molecule has 0 unspecified atom stereocenters. The van der Waals surface area contributed by atoms with Crippen LogP contribution in [0.15, 0.2) is 42.5 Å². The highest BCUT2D eigenvalue weighted by molar-refractivity contribution is 5.99. The van der Waals surface area contributed by atoms with E-state index in [4.69, 9.17) is 9.47 Å². The molecule has 8 nitrogen and oxygen atoms in total. The zero-order valence-corrected chi connectivity index (χ0v) is 19.3. The summed E-state index contributed by atoms with van der Waals surface area (Å²) in [4.78, 5) is 25.0. The Morgan fingerprint density at radius 3 is 2.49 bits per heavy atom. The van der Waals surface area contributed by atoms with Gasteiger partial charge in [-0.3, -0.25) is 4.79 Å². The summed E-state index contributed by atoms with van der Waals surface area (Å²) in [6.45, 7) is -0.207. The predicted molar refractivity (Wildman–Crippen MR) is 128 cm³/mol. The van der Waals surface area contributed by atoms with Gasteiger partial charge in [-0.2, -0.15) is 0 Å². The number of benzene rings is 2. The number of hydrogen-bond donors (Lipinski definition) is 4. The van der Waals surface area contributed by atoms with Crippen molar-refractivity contribution in [3.8, 4) is 5.75 Å². The van der Waals surface area contributed by atoms with Crippen molar-refractivity contribution in [1.29, 1.82) is 0 Å². The third-order valence-electron chi connectivity index (χ3n) is 6.99. The average molecular weight is 484 g/mol. The third-order valence-corrected chi connectivity index (χ3v) is 6.99. The Balaban J connectivity index is 1.25. The monoisotopic (exact) mass is 483 g/mol. The van der Waals surface area contributed by atoms with E-state index in [1.807, 2.05) is 6.07 Å². The van der Waals surface area contributed by atoms with Crippen molar-refractivity contribution in [3.05, 3.63) is 53.8 Å². The lowest BCUT2D eigenvalue weighted by Crippen LogP contribution is -2.47. The lowest BCUT2D eigenvalue weighted by molar-refractivity contribution is -0.142. The smallest absolute Gasteiger partial charge is 0.323 e. The highest BCUT2D eigenvalue weighted by Crippen LogP contribution is 2.47. The number of carbonyl (C=O) groups is 2. The summed E-state index contributed by atoms with van der Waals surface area (Å²) < 4.78 is 25.2. The van der Waals surface area contributed by atoms with E-state index in [0.29, 0.717) is 23.5 Å². The topological polar surface area (TPSA) is 109 Å². The van der Waals surface area contributed by atoms with Gasteiger partial charge in [-0.25, -0.2) is 9.18 Å². The van der Waals surface area contributed by atoms with Crippen LogP contribution in [0.2, 0.25) is 0 Å². The molecule has 5 rings (SSSR count). The van der Waals surface area contributed by atoms with Gasteiger partial charge >= 0.3 is 6.03 Å². The standard InChI is InChI=1S/C26H30FN3O5/c27-15-5-7-17(8-6-15)29-26(33)30-18-9-10-22-20(11-18)21-12-19(34-23(14-31)25(21)35-22)13-24(32)28-16-3-1-2-4-16/h5-11,16,19,21,23,25,31H,1-4,12-14H2,(H,28,32)(H2,29,30,33)/t19-,21+,23+,25-/m0/s1. The van der Waals surface area contributed by atoms with Crippen molar-refractivity contribution in [2.75, 3.05) is 17.2 Å². The minimum Gasteiger partial charge on any atom is -0.487 e. The van der Waals surface area contributed by atoms with Crippen LogP contribution in [0.25, 0.3) is 0 Å². The quantitative estimate of drug-likeness (QED) is 0.498. The molecule has 2 fully saturated rings. The Morgan fingerprint density at radius 1 is 1.03 bits per heavy atom. The van der Waals surface area contributed by atoms with Gasteiger partial charge in [0.1, 0.15) is 23.8 Å². The summed E-state index contributed by atoms with van der Waals surface area (Å²) in [5.74, 6) is 0.213. The summed E-state index contributed by atoms with van der Waals surface area (Å²) in [5.41, 5.74) is 1.97. The van der Waals surface area contributed by atoms with Gasteiger partial charge in [-0.1, -0.05) is 12.8 Å². The molecule has 2 aliphatic heterocycles. The van der Waals surface area contributed by atoms with E-state index in [-0.39, 0.29) is 48.9 Å². The predicted octanol–water partition coefficient (Wildman–Crippen LogP) is 3.91. The maximum absolute atomic E-state index is 13.1. The van der Waals surface area contributed by atoms with Crippen molar-refractivity contribution in [1.82, 2.24) is 5.32 Å². The van der Waals surface area contributed by atoms with Gasteiger partial charge in [0.25, 0.3) is 0 Å². The number of ether oxygens (including phenoxy) is 2. The molecule has 2 heterocycles. The number of anilines is 2. The molecule has 3 amide bonds. The molecular weight excluding hydrogens is 453 g/mol. The SMILES string of the molecule is O=C(C[C@@H]1C[C@@H]2c3cc(NC(=O)Nc4ccc(F)cc4)ccc3O[C@@H]2[C@@H](CO)O1)NC1CCCC1. The molecule has 4 atom stereocenters. The summed E-state index contributed by atoms with van der Waals surface area (Å²) in [6, 6.07) is 10.7. The molecule has 0 bridgehead atoms. The fourth-order valence-electron chi connectivity index (χ4n) is 5.36. The van der Waals surface area contributed by atoms with Gasteiger partial charge in [0.05, 0.1) is 19.1 Å². The zero-order valence-electron chi connectivity index (χ0n) is 19.3. The molecule has 35 heavy (non-hydrogen) atoms. The number of rotatable bonds is 6. The molecule has 186 valence electrons. The minimum absolute atomic E-state index is 0.0240. The lowest BCUT2D eigenvalue weighted by Gasteiger charge is -2.37. The number of urea groups is 1. The number of aliphatic hydroxyl groups is 1. The van der Waals surface area contributed by atoms with Crippen LogP contribution in [-0.4, -0.2) is 48.0 Å². The summed E-state index contributed by atoms with van der Waals surface area (Å²) in [5, 5.41) is 18.5. The van der Waals surface area contributed by atoms with Gasteiger partial charge in [0.15, 0.2) is 0 Å². The number of aliphatic hydroxyl groups excluding tert-OH is 1. The van der Waals surface area contributed by atoms with Crippen molar-refractivity contribution in [2.24, 2.45) is 0 Å². The van der Waals surface area contributed by atoms with Crippen LogP contribution in [0.3, 0.4) is 0 Å². The van der Waals surface area contributed by atoms with Crippen molar-refractivity contribution in [2.45, 2.75) is 68.8 Å². The Bertz CT molecular complexity index is 1070. The molecule has 1 saturated carbocycles. The van der Waals surface area contributed by atoms with E-state index in [0.717, 1.165) is 31.2 Å². The van der Waals surface area contributed by atoms with Crippen molar-refractivity contribution in [3.63, 3.8) is 0 Å². The van der Waals surface area contributed by atoms with E-state index < -0.39 is 12.1 Å². The van der Waals surface area contributed by atoms with Crippen LogP contribution in [0.1, 0.15) is 50.0 Å². The second kappa shape index (κ2) is 10.2. The lowest BCUT2D eigenvalue weighted by atomic mass is 9.84. The molecule has 4 N–H and O–H groups in total. The highest BCUT2D eigenvalue weighted by Gasteiger charge is 2.46. The van der Waals surface area contributed by atoms with Crippen LogP contribution in [0, 0.1) is 5.82 Å². The van der Waals surface area contributed by atoms with Gasteiger partial charge in [0.2, 0.25) is 5.91 Å². The van der Waals surface area contributed by atoms with E-state index in [1.165, 1.54) is 24.3 Å². The summed E-state index contributed by atoms with van der Waals surface area (Å²) >= 11 is 0. The number of carbonyl (C=O) groups excluding carboxylic acids is 2. The van der Waals surface area contributed by atoms with E-state index in [1.54, 1.807) is 12.1 Å². The molecule has 2 aromatic rings. The first-order valence-corrected chi connectivity index (χ1v) is 12.2. The molecule has 2 aromatic carbocycles. The molecule has 0 aromatic heterocycles. The third kappa shape index (κ3) is 5.41. The fraction of sp³-hybridized carbons (Fsp3) is 0.462. The summed E-state index contributed by atoms with van der Waals surface area (Å²) in [7, 11) is 0. The molecule has 0 radical (unpaired) electrons. The molecule has 3 aliphatic rings. The first kappa shape index (κ1) is 23.6. The molecule has 9 heteroatoms. The first-order valence-electron chi connectivity index (χ1n) is 12.2. The Morgan fingerprint density at radius 2 is 1.74 bits per heavy atom. The number of nitrogens with one attached hydrogen (secondary N) is 3. The van der Waals surface area contributed by atoms with E-state index >= 15 is 0 Å². The Labute approximate surface area is 203 Å². The zero-order chi connectivity index (χ0) is 24.4. The van der Waals surface area contributed by atoms with Gasteiger partial charge in [0, 0.05) is 28.9 Å². The molecule has 1 saturated heterocycles. The fourth-order valence-corrected chi connectivity index (χ4v) is 5.36. The first-order chi connectivity index (χ1) is 17.0. The van der Waals surface area contributed by atoms with Crippen LogP contribution < -0.4 is 20.7 Å². The number of halogens is 1. The normalized spacial score (nSPS) is 25.3. The van der Waals surface area contributed by atoms with Crippen LogP contribution in [-0.2, 0) is 9.53 Å². The van der Waals surface area contributed by atoms with Crippen LogP contribution in [0.5, 0.6) is 5.75 Å². The maximum atomic E-state index is 13.1. The number of fused-ring (bicyclic) bond motifs is 3. The van der Waals surface area contributed by atoms with Crippen molar-refractivity contribution >= 4 is 23.3 Å². The Kier molecular flexibility index (Phi) is 6.88. The number of amides is 3. The van der Waals surface area contributed by atoms with Gasteiger partial charge in [-0.15, -0.1) is 0 Å². The van der Waals surface area contributed by atoms with E-state index in [9.17, 15) is 19.1 Å². The largest absolute Gasteiger partial charge is 0.487 e. The number of hydrogen-bond acceptors (Lipinski definition) is 5. The van der Waals surface area contributed by atoms with Gasteiger partial charge in [-0.05, 0) is 61.7 Å². The second-order valence-electron chi connectivity index (χ2n) is 9.50. The van der Waals surface area contributed by atoms with Crippen LogP contribution >= 0.6 is 0 Å². The van der Waals surface area contributed by atoms with Crippen LogP contribution in [0.4, 0.5) is 20.6 Å². The second-order valence-corrected chi connectivity index (χ2v) is 9.50. The van der Waals surface area contributed by atoms with Gasteiger partial charge < -0.3 is 30.5 Å². The molecule has 1 aliphatic carbocycles. The maximum Gasteiger partial charge on any atom is 0.323 e. The molecular formula is C26H30FN3O5. The highest BCUT2D eigenvalue weighted by atomic mass is 19.1. The average Bonchev–Trinajstić information content (AvgIpc) is 3.47. The molecule has 0 spiro atoms.